The number of hydrogen-bond donors (Lipinski definition) is 2. The summed E-state index contributed by atoms with van der Waals surface area (Å²) in [7, 11) is -0.563. The van der Waals surface area contributed by atoms with Gasteiger partial charge in [0.1, 0.15) is 5.78 Å². The fourth-order valence-corrected chi connectivity index (χ4v) is 2.18. The van der Waals surface area contributed by atoms with E-state index in [4.69, 9.17) is 9.79 Å². The van der Waals surface area contributed by atoms with Crippen LogP contribution < -0.4 is 0 Å². The second kappa shape index (κ2) is 4.21. The monoisotopic (exact) mass is 181 g/mol. The highest BCUT2D eigenvalue weighted by Gasteiger charge is 2.29. The van der Waals surface area contributed by atoms with Gasteiger partial charge in [0.15, 0.2) is 0 Å². The molecule has 0 saturated carbocycles. The van der Waals surface area contributed by atoms with Crippen molar-refractivity contribution in [1.82, 2.24) is 4.90 Å². The number of hydrogen-bond acceptors (Lipinski definition) is 2. The Labute approximate surface area is 67.4 Å². The molecule has 0 saturated heterocycles. The predicted octanol–water partition coefficient (Wildman–Crippen LogP) is 0.852. The average Bonchev–Trinajstić information content (AvgIpc) is 1.79. The van der Waals surface area contributed by atoms with Gasteiger partial charge in [-0.3, -0.25) is 9.46 Å². The highest BCUT2D eigenvalue weighted by Crippen LogP contribution is 2.44. The molecule has 0 aromatic rings. The van der Waals surface area contributed by atoms with Gasteiger partial charge in [-0.15, -0.1) is 0 Å². The van der Waals surface area contributed by atoms with E-state index in [1.165, 1.54) is 0 Å². The first-order valence-electron chi connectivity index (χ1n) is 3.61. The maximum absolute atomic E-state index is 10.8. The molecule has 5 heteroatoms. The number of rotatable bonds is 4. The molecule has 1 atom stereocenters. The molecule has 0 heterocycles. The molecule has 0 fully saturated rings. The average molecular weight is 181 g/mol. The first-order chi connectivity index (χ1) is 4.89. The summed E-state index contributed by atoms with van der Waals surface area (Å²) in [5.74, 6) is -0.618. The molecule has 0 amide bonds. The van der Waals surface area contributed by atoms with Crippen LogP contribution in [-0.4, -0.2) is 34.6 Å². The van der Waals surface area contributed by atoms with Gasteiger partial charge in [0.2, 0.25) is 0 Å². The van der Waals surface area contributed by atoms with Gasteiger partial charge in [0.05, 0.1) is 0 Å². The molecule has 0 radical (unpaired) electrons. The third-order valence-electron chi connectivity index (χ3n) is 1.53. The Morgan fingerprint density at radius 3 is 2.00 bits per heavy atom. The van der Waals surface area contributed by atoms with Crippen LogP contribution in [0, 0.1) is 0 Å². The molecule has 4 nitrogen and oxygen atoms in total. The molecule has 0 aromatic carbocycles. The molecule has 0 spiro atoms. The first kappa shape index (κ1) is 11.1. The Bertz CT molecular complexity index is 154. The van der Waals surface area contributed by atoms with Crippen LogP contribution in [0.3, 0.4) is 0 Å². The minimum absolute atomic E-state index is 0.539. The largest absolute Gasteiger partial charge is 0.342 e. The third-order valence-corrected chi connectivity index (χ3v) is 3.03. The van der Waals surface area contributed by atoms with Crippen LogP contribution in [0.15, 0.2) is 0 Å². The second-order valence-electron chi connectivity index (χ2n) is 2.82. The molecule has 2 N–H and O–H groups in total. The van der Waals surface area contributed by atoms with Crippen LogP contribution >= 0.6 is 7.60 Å². The summed E-state index contributed by atoms with van der Waals surface area (Å²) in [4.78, 5) is 19.3. The van der Waals surface area contributed by atoms with Gasteiger partial charge in [-0.1, -0.05) is 13.3 Å². The lowest BCUT2D eigenvalue weighted by atomic mass is 10.3. The van der Waals surface area contributed by atoms with Crippen molar-refractivity contribution < 1.29 is 14.4 Å². The van der Waals surface area contributed by atoms with Crippen molar-refractivity contribution in [2.45, 2.75) is 25.5 Å². The highest BCUT2D eigenvalue weighted by molar-refractivity contribution is 7.52. The van der Waals surface area contributed by atoms with E-state index in [0.29, 0.717) is 6.42 Å². The van der Waals surface area contributed by atoms with Crippen molar-refractivity contribution in [3.63, 3.8) is 0 Å². The molecule has 68 valence electrons. The fourth-order valence-electron chi connectivity index (χ4n) is 0.985. The van der Waals surface area contributed by atoms with Crippen molar-refractivity contribution in [3.8, 4) is 0 Å². The molecule has 1 unspecified atom stereocenters. The molecule has 11 heavy (non-hydrogen) atoms. The summed E-state index contributed by atoms with van der Waals surface area (Å²) < 4.78 is 10.8. The van der Waals surface area contributed by atoms with Crippen LogP contribution in [0.25, 0.3) is 0 Å². The summed E-state index contributed by atoms with van der Waals surface area (Å²) in [5, 5.41) is 0. The van der Waals surface area contributed by atoms with Crippen molar-refractivity contribution >= 4 is 7.60 Å². The lowest BCUT2D eigenvalue weighted by Gasteiger charge is -2.24. The highest BCUT2D eigenvalue weighted by atomic mass is 31.2. The van der Waals surface area contributed by atoms with Crippen molar-refractivity contribution in [1.29, 1.82) is 0 Å². The number of nitrogens with zero attached hydrogens (tertiary/aromatic N) is 1. The zero-order chi connectivity index (χ0) is 9.07. The Kier molecular flexibility index (Phi) is 4.26. The molecule has 0 bridgehead atoms. The predicted molar refractivity (Wildman–Crippen MR) is 44.4 cm³/mol. The second-order valence-corrected chi connectivity index (χ2v) is 4.60. The van der Waals surface area contributed by atoms with Crippen LogP contribution in [0.5, 0.6) is 0 Å². The smallest absolute Gasteiger partial charge is 0.323 e. The van der Waals surface area contributed by atoms with Gasteiger partial charge < -0.3 is 9.79 Å². The van der Waals surface area contributed by atoms with E-state index in [9.17, 15) is 4.57 Å². The minimum Gasteiger partial charge on any atom is -0.323 e. The van der Waals surface area contributed by atoms with Crippen LogP contribution in [0.1, 0.15) is 19.8 Å². The van der Waals surface area contributed by atoms with Crippen LogP contribution in [0.2, 0.25) is 0 Å². The maximum Gasteiger partial charge on any atom is 0.342 e. The molecule has 0 aliphatic heterocycles. The summed E-state index contributed by atoms with van der Waals surface area (Å²) >= 11 is 0. The summed E-state index contributed by atoms with van der Waals surface area (Å²) in [6.45, 7) is 1.91. The van der Waals surface area contributed by atoms with Gasteiger partial charge in [0, 0.05) is 0 Å². The Hall–Kier alpha value is 0.110. The lowest BCUT2D eigenvalue weighted by Crippen LogP contribution is -2.27. The van der Waals surface area contributed by atoms with Crippen LogP contribution in [0.4, 0.5) is 0 Å². The minimum atomic E-state index is -3.92. The molecule has 0 aromatic heterocycles. The van der Waals surface area contributed by atoms with Gasteiger partial charge in [0.25, 0.3) is 0 Å². The van der Waals surface area contributed by atoms with E-state index in [-0.39, 0.29) is 0 Å². The summed E-state index contributed by atoms with van der Waals surface area (Å²) in [6.07, 6.45) is 1.32. The molecule has 0 aliphatic rings. The fraction of sp³-hybridized carbons (Fsp3) is 1.00. The van der Waals surface area contributed by atoms with Crippen molar-refractivity contribution in [2.75, 3.05) is 14.1 Å². The zero-order valence-electron chi connectivity index (χ0n) is 7.19. The van der Waals surface area contributed by atoms with Crippen LogP contribution in [-0.2, 0) is 4.57 Å². The molecule has 0 aliphatic carbocycles. The lowest BCUT2D eigenvalue weighted by molar-refractivity contribution is 0.273. The Balaban J connectivity index is 4.23. The van der Waals surface area contributed by atoms with E-state index < -0.39 is 13.4 Å². The SMILES string of the molecule is CCCC(N(C)C)P(=O)(O)O. The van der Waals surface area contributed by atoms with Gasteiger partial charge in [-0.2, -0.15) is 0 Å². The first-order valence-corrected chi connectivity index (χ1v) is 5.29. The molecular formula is C6H16NO3P. The normalized spacial score (nSPS) is 15.5. The standard InChI is InChI=1S/C6H16NO3P/c1-4-5-6(7(2)3)11(8,9)10/h6H,4-5H2,1-3H3,(H2,8,9,10). The topological polar surface area (TPSA) is 60.8 Å². The Morgan fingerprint density at radius 2 is 1.91 bits per heavy atom. The molecule has 0 rings (SSSR count). The van der Waals surface area contributed by atoms with E-state index in [2.05, 4.69) is 0 Å². The van der Waals surface area contributed by atoms with E-state index in [1.807, 2.05) is 6.92 Å². The van der Waals surface area contributed by atoms with Crippen molar-refractivity contribution in [2.24, 2.45) is 0 Å². The third kappa shape index (κ3) is 3.87. The zero-order valence-corrected chi connectivity index (χ0v) is 8.08. The van der Waals surface area contributed by atoms with E-state index >= 15 is 0 Å². The van der Waals surface area contributed by atoms with E-state index in [1.54, 1.807) is 19.0 Å². The quantitative estimate of drug-likeness (QED) is 0.631. The van der Waals surface area contributed by atoms with Gasteiger partial charge in [-0.25, -0.2) is 0 Å². The van der Waals surface area contributed by atoms with Crippen molar-refractivity contribution in [3.05, 3.63) is 0 Å². The maximum atomic E-state index is 10.8. The Morgan fingerprint density at radius 1 is 1.45 bits per heavy atom. The van der Waals surface area contributed by atoms with E-state index in [0.717, 1.165) is 6.42 Å². The summed E-state index contributed by atoms with van der Waals surface area (Å²) in [6, 6.07) is 0. The summed E-state index contributed by atoms with van der Waals surface area (Å²) in [5.41, 5.74) is 0. The van der Waals surface area contributed by atoms with Gasteiger partial charge >= 0.3 is 7.60 Å². The molecular weight excluding hydrogens is 165 g/mol. The van der Waals surface area contributed by atoms with Gasteiger partial charge in [-0.05, 0) is 20.5 Å².